The highest BCUT2D eigenvalue weighted by Gasteiger charge is 2.23. The van der Waals surface area contributed by atoms with Gasteiger partial charge in [0.25, 0.3) is 0 Å². The summed E-state index contributed by atoms with van der Waals surface area (Å²) >= 11 is 0. The number of rotatable bonds is 8. The maximum absolute atomic E-state index is 10.8. The van der Waals surface area contributed by atoms with Gasteiger partial charge in [0.05, 0.1) is 0 Å². The van der Waals surface area contributed by atoms with Crippen molar-refractivity contribution >= 4 is 5.97 Å². The highest BCUT2D eigenvalue weighted by atomic mass is 16.7. The lowest BCUT2D eigenvalue weighted by Crippen LogP contribution is -2.05. The number of para-hydroxylation sites is 1. The molecule has 0 spiro atoms. The lowest BCUT2D eigenvalue weighted by atomic mass is 9.88. The van der Waals surface area contributed by atoms with Gasteiger partial charge in [-0.1, -0.05) is 38.3 Å². The van der Waals surface area contributed by atoms with E-state index in [0.717, 1.165) is 36.3 Å². The van der Waals surface area contributed by atoms with E-state index in [9.17, 15) is 4.79 Å². The van der Waals surface area contributed by atoms with Gasteiger partial charge in [-0.2, -0.15) is 0 Å². The first-order valence-corrected chi connectivity index (χ1v) is 7.32. The molecular weight excluding hydrogens is 256 g/mol. The van der Waals surface area contributed by atoms with Gasteiger partial charge in [-0.15, -0.1) is 0 Å². The largest absolute Gasteiger partial charge is 0.481 e. The molecule has 110 valence electrons. The molecule has 1 N–H and O–H groups in total. The van der Waals surface area contributed by atoms with Crippen molar-refractivity contribution in [1.82, 2.24) is 0 Å². The minimum Gasteiger partial charge on any atom is -0.481 e. The van der Waals surface area contributed by atoms with Crippen LogP contribution in [0.2, 0.25) is 0 Å². The first kappa shape index (κ1) is 14.7. The molecule has 1 aliphatic heterocycles. The molecule has 0 aromatic heterocycles. The SMILES string of the molecule is CCCCCC(CCC(=O)O)c1cccc2c1OCO2. The highest BCUT2D eigenvalue weighted by molar-refractivity contribution is 5.66. The van der Waals surface area contributed by atoms with Crippen LogP contribution in [0.3, 0.4) is 0 Å². The van der Waals surface area contributed by atoms with Gasteiger partial charge in [-0.3, -0.25) is 4.79 Å². The molecule has 1 aliphatic rings. The molecule has 1 heterocycles. The summed E-state index contributed by atoms with van der Waals surface area (Å²) in [7, 11) is 0. The van der Waals surface area contributed by atoms with Gasteiger partial charge < -0.3 is 14.6 Å². The Bertz CT molecular complexity index is 456. The number of carboxylic acid groups (broad SMARTS) is 1. The number of unbranched alkanes of at least 4 members (excludes halogenated alkanes) is 2. The fourth-order valence-corrected chi connectivity index (χ4v) is 2.67. The number of benzene rings is 1. The van der Waals surface area contributed by atoms with Crippen LogP contribution in [0.25, 0.3) is 0 Å². The van der Waals surface area contributed by atoms with E-state index < -0.39 is 5.97 Å². The Hall–Kier alpha value is -1.71. The number of hydrogen-bond acceptors (Lipinski definition) is 3. The molecule has 1 aromatic carbocycles. The van der Waals surface area contributed by atoms with Crippen molar-refractivity contribution in [2.75, 3.05) is 6.79 Å². The number of carbonyl (C=O) groups is 1. The maximum atomic E-state index is 10.8. The van der Waals surface area contributed by atoms with E-state index in [0.29, 0.717) is 6.42 Å². The lowest BCUT2D eigenvalue weighted by molar-refractivity contribution is -0.137. The van der Waals surface area contributed by atoms with Crippen LogP contribution >= 0.6 is 0 Å². The molecule has 0 bridgehead atoms. The van der Waals surface area contributed by atoms with Gasteiger partial charge in [0.2, 0.25) is 6.79 Å². The molecule has 1 aromatic rings. The fourth-order valence-electron chi connectivity index (χ4n) is 2.67. The van der Waals surface area contributed by atoms with E-state index in [4.69, 9.17) is 14.6 Å². The average Bonchev–Trinajstić information content (AvgIpc) is 2.91. The minimum atomic E-state index is -0.741. The zero-order valence-corrected chi connectivity index (χ0v) is 11.9. The predicted octanol–water partition coefficient (Wildman–Crippen LogP) is 3.94. The lowest BCUT2D eigenvalue weighted by Gasteiger charge is -2.18. The Morgan fingerprint density at radius 3 is 2.90 bits per heavy atom. The average molecular weight is 278 g/mol. The standard InChI is InChI=1S/C16H22O4/c1-2-3-4-6-12(9-10-15(17)18)13-7-5-8-14-16(13)20-11-19-14/h5,7-8,12H,2-4,6,9-11H2,1H3,(H,17,18). The zero-order chi connectivity index (χ0) is 14.4. The third-order valence-electron chi connectivity index (χ3n) is 3.73. The van der Waals surface area contributed by atoms with Crippen molar-refractivity contribution in [3.8, 4) is 11.5 Å². The number of aliphatic carboxylic acids is 1. The molecule has 2 rings (SSSR count). The van der Waals surface area contributed by atoms with Gasteiger partial charge in [-0.05, 0) is 24.8 Å². The van der Waals surface area contributed by atoms with Crippen LogP contribution in [0.5, 0.6) is 11.5 Å². The summed E-state index contributed by atoms with van der Waals surface area (Å²) in [6.07, 6.45) is 5.31. The summed E-state index contributed by atoms with van der Waals surface area (Å²) in [6.45, 7) is 2.43. The second-order valence-electron chi connectivity index (χ2n) is 5.21. The minimum absolute atomic E-state index is 0.196. The van der Waals surface area contributed by atoms with Gasteiger partial charge in [0.1, 0.15) is 0 Å². The summed E-state index contributed by atoms with van der Waals surface area (Å²) in [6, 6.07) is 5.88. The molecule has 1 unspecified atom stereocenters. The Morgan fingerprint density at radius 2 is 2.15 bits per heavy atom. The summed E-state index contributed by atoms with van der Waals surface area (Å²) in [5.74, 6) is 1.07. The van der Waals surface area contributed by atoms with Gasteiger partial charge >= 0.3 is 5.97 Å². The van der Waals surface area contributed by atoms with Gasteiger partial charge in [-0.25, -0.2) is 0 Å². The molecule has 0 saturated carbocycles. The second kappa shape index (κ2) is 7.17. The molecule has 0 aliphatic carbocycles. The van der Waals surface area contributed by atoms with Crippen molar-refractivity contribution in [2.45, 2.75) is 51.4 Å². The van der Waals surface area contributed by atoms with E-state index >= 15 is 0 Å². The van der Waals surface area contributed by atoms with Crippen molar-refractivity contribution in [3.05, 3.63) is 23.8 Å². The van der Waals surface area contributed by atoms with Crippen LogP contribution in [0.4, 0.5) is 0 Å². The second-order valence-corrected chi connectivity index (χ2v) is 5.21. The van der Waals surface area contributed by atoms with Gasteiger partial charge in [0.15, 0.2) is 11.5 Å². The normalized spacial score (nSPS) is 14.2. The third kappa shape index (κ3) is 3.65. The molecule has 0 saturated heterocycles. The van der Waals surface area contributed by atoms with Crippen LogP contribution < -0.4 is 9.47 Å². The number of hydrogen-bond donors (Lipinski definition) is 1. The highest BCUT2D eigenvalue weighted by Crippen LogP contribution is 2.42. The van der Waals surface area contributed by atoms with Crippen molar-refractivity contribution in [1.29, 1.82) is 0 Å². The molecule has 1 atom stereocenters. The zero-order valence-electron chi connectivity index (χ0n) is 11.9. The topological polar surface area (TPSA) is 55.8 Å². The molecule has 4 heteroatoms. The molecule has 0 amide bonds. The molecule has 0 fully saturated rings. The first-order valence-electron chi connectivity index (χ1n) is 7.32. The van der Waals surface area contributed by atoms with E-state index in [-0.39, 0.29) is 19.1 Å². The maximum Gasteiger partial charge on any atom is 0.303 e. The van der Waals surface area contributed by atoms with Crippen molar-refractivity contribution in [3.63, 3.8) is 0 Å². The third-order valence-corrected chi connectivity index (χ3v) is 3.73. The monoisotopic (exact) mass is 278 g/mol. The molecule has 20 heavy (non-hydrogen) atoms. The van der Waals surface area contributed by atoms with E-state index in [1.165, 1.54) is 6.42 Å². The van der Waals surface area contributed by atoms with Crippen LogP contribution in [0.15, 0.2) is 18.2 Å². The van der Waals surface area contributed by atoms with Crippen LogP contribution in [0.1, 0.15) is 56.9 Å². The summed E-state index contributed by atoms with van der Waals surface area (Å²) in [5, 5.41) is 8.92. The smallest absolute Gasteiger partial charge is 0.303 e. The van der Waals surface area contributed by atoms with Crippen molar-refractivity contribution in [2.24, 2.45) is 0 Å². The number of carboxylic acids is 1. The number of fused-ring (bicyclic) bond motifs is 1. The Labute approximate surface area is 119 Å². The van der Waals surface area contributed by atoms with E-state index in [1.807, 2.05) is 18.2 Å². The predicted molar refractivity (Wildman–Crippen MR) is 76.3 cm³/mol. The molecular formula is C16H22O4. The van der Waals surface area contributed by atoms with Gasteiger partial charge in [0, 0.05) is 12.0 Å². The Kier molecular flexibility index (Phi) is 5.27. The van der Waals surface area contributed by atoms with E-state index in [2.05, 4.69) is 6.92 Å². The molecule has 0 radical (unpaired) electrons. The number of ether oxygens (including phenoxy) is 2. The Balaban J connectivity index is 2.12. The Morgan fingerprint density at radius 1 is 1.30 bits per heavy atom. The van der Waals surface area contributed by atoms with Crippen LogP contribution in [0, 0.1) is 0 Å². The van der Waals surface area contributed by atoms with Crippen LogP contribution in [-0.4, -0.2) is 17.9 Å². The summed E-state index contributed by atoms with van der Waals surface area (Å²) in [4.78, 5) is 10.8. The summed E-state index contributed by atoms with van der Waals surface area (Å²) in [5.41, 5.74) is 1.09. The van der Waals surface area contributed by atoms with Crippen molar-refractivity contribution < 1.29 is 19.4 Å². The first-order chi connectivity index (χ1) is 9.72. The van der Waals surface area contributed by atoms with E-state index in [1.54, 1.807) is 0 Å². The summed E-state index contributed by atoms with van der Waals surface area (Å²) < 4.78 is 11.0. The quantitative estimate of drug-likeness (QED) is 0.732. The molecule has 4 nitrogen and oxygen atoms in total. The fraction of sp³-hybridized carbons (Fsp3) is 0.562. The van der Waals surface area contributed by atoms with Crippen LogP contribution in [-0.2, 0) is 4.79 Å².